The highest BCUT2D eigenvalue weighted by Crippen LogP contribution is 2.55. The standard InChI is InChI=1S/C16H14FNO4S/c17-11-8-6-10(7-9-11)13-14(16(13,18)15(19)20)23(21,22)12-4-2-1-3-5-12/h1-9,13-14H,18H2,(H,19,20)/t13-,14-,16-/m1/s1. The Morgan fingerprint density at radius 2 is 1.65 bits per heavy atom. The number of benzene rings is 2. The largest absolute Gasteiger partial charge is 0.480 e. The number of hydrogen-bond donors (Lipinski definition) is 2. The van der Waals surface area contributed by atoms with Crippen molar-refractivity contribution in [3.8, 4) is 0 Å². The van der Waals surface area contributed by atoms with Gasteiger partial charge in [-0.2, -0.15) is 0 Å². The molecular formula is C16H14FNO4S. The first kappa shape index (κ1) is 15.6. The number of hydrogen-bond acceptors (Lipinski definition) is 4. The fourth-order valence-electron chi connectivity index (χ4n) is 2.94. The fraction of sp³-hybridized carbons (Fsp3) is 0.188. The Morgan fingerprint density at radius 3 is 2.17 bits per heavy atom. The Bertz CT molecular complexity index is 851. The summed E-state index contributed by atoms with van der Waals surface area (Å²) in [5, 5.41) is 8.12. The van der Waals surface area contributed by atoms with Gasteiger partial charge in [0.25, 0.3) is 0 Å². The average molecular weight is 335 g/mol. The molecule has 0 bridgehead atoms. The Balaban J connectivity index is 2.07. The van der Waals surface area contributed by atoms with Crippen LogP contribution in [0, 0.1) is 5.82 Å². The van der Waals surface area contributed by atoms with Crippen LogP contribution in [0.15, 0.2) is 59.5 Å². The quantitative estimate of drug-likeness (QED) is 0.883. The van der Waals surface area contributed by atoms with E-state index in [1.54, 1.807) is 18.2 Å². The van der Waals surface area contributed by atoms with Crippen molar-refractivity contribution in [2.75, 3.05) is 0 Å². The molecule has 2 aromatic carbocycles. The molecule has 0 unspecified atom stereocenters. The maximum atomic E-state index is 13.1. The molecule has 3 atom stereocenters. The van der Waals surface area contributed by atoms with E-state index in [2.05, 4.69) is 0 Å². The van der Waals surface area contributed by atoms with Crippen molar-refractivity contribution < 1.29 is 22.7 Å². The first-order valence-electron chi connectivity index (χ1n) is 6.86. The van der Waals surface area contributed by atoms with Crippen LogP contribution in [0.25, 0.3) is 0 Å². The van der Waals surface area contributed by atoms with E-state index in [9.17, 15) is 22.7 Å². The molecule has 0 saturated heterocycles. The number of aliphatic carboxylic acids is 1. The Labute approximate surface area is 132 Å². The fourth-order valence-corrected chi connectivity index (χ4v) is 5.19. The van der Waals surface area contributed by atoms with E-state index in [1.807, 2.05) is 0 Å². The van der Waals surface area contributed by atoms with Gasteiger partial charge in [-0.1, -0.05) is 30.3 Å². The van der Waals surface area contributed by atoms with Crippen LogP contribution in [0.4, 0.5) is 4.39 Å². The van der Waals surface area contributed by atoms with Gasteiger partial charge in [0.05, 0.1) is 4.90 Å². The summed E-state index contributed by atoms with van der Waals surface area (Å²) in [5.41, 5.74) is 4.36. The second-order valence-corrected chi connectivity index (χ2v) is 7.62. The summed E-state index contributed by atoms with van der Waals surface area (Å²) in [6.07, 6.45) is 0. The molecule has 1 aliphatic carbocycles. The second-order valence-electron chi connectivity index (χ2n) is 5.55. The van der Waals surface area contributed by atoms with Crippen LogP contribution >= 0.6 is 0 Å². The third-order valence-corrected chi connectivity index (χ3v) is 6.44. The molecule has 0 aromatic heterocycles. The second kappa shape index (κ2) is 5.14. The summed E-state index contributed by atoms with van der Waals surface area (Å²) in [5.74, 6) is -2.81. The van der Waals surface area contributed by atoms with Crippen LogP contribution in [0.5, 0.6) is 0 Å². The van der Waals surface area contributed by atoms with Crippen molar-refractivity contribution in [1.29, 1.82) is 0 Å². The molecule has 1 fully saturated rings. The molecule has 5 nitrogen and oxygen atoms in total. The Morgan fingerprint density at radius 1 is 1.09 bits per heavy atom. The first-order chi connectivity index (χ1) is 10.8. The van der Waals surface area contributed by atoms with Crippen LogP contribution < -0.4 is 5.73 Å². The van der Waals surface area contributed by atoms with Gasteiger partial charge >= 0.3 is 5.97 Å². The van der Waals surface area contributed by atoms with Gasteiger partial charge in [-0.15, -0.1) is 0 Å². The number of sulfone groups is 1. The van der Waals surface area contributed by atoms with E-state index in [0.717, 1.165) is 12.1 Å². The van der Waals surface area contributed by atoms with Gasteiger partial charge in [-0.05, 0) is 29.8 Å². The van der Waals surface area contributed by atoms with Crippen molar-refractivity contribution in [2.45, 2.75) is 21.6 Å². The highest BCUT2D eigenvalue weighted by atomic mass is 32.2. The minimum Gasteiger partial charge on any atom is -0.480 e. The molecule has 1 aliphatic rings. The zero-order chi connectivity index (χ0) is 16.8. The van der Waals surface area contributed by atoms with Crippen molar-refractivity contribution in [3.63, 3.8) is 0 Å². The molecule has 7 heteroatoms. The lowest BCUT2D eigenvalue weighted by molar-refractivity contribution is -0.139. The molecule has 0 amide bonds. The van der Waals surface area contributed by atoms with Crippen LogP contribution in [-0.4, -0.2) is 30.3 Å². The van der Waals surface area contributed by atoms with E-state index in [0.29, 0.717) is 5.56 Å². The number of carboxylic acid groups (broad SMARTS) is 1. The van der Waals surface area contributed by atoms with E-state index in [1.165, 1.54) is 24.3 Å². The maximum absolute atomic E-state index is 13.1. The SMILES string of the molecule is N[C@]1(C(=O)O)[C@H](c2ccc(F)cc2)[C@H]1S(=O)(=O)c1ccccc1. The maximum Gasteiger partial charge on any atom is 0.325 e. The van der Waals surface area contributed by atoms with Crippen molar-refractivity contribution in [3.05, 3.63) is 66.0 Å². The normalized spacial score (nSPS) is 26.7. The average Bonchev–Trinajstić information content (AvgIpc) is 3.18. The highest BCUT2D eigenvalue weighted by molar-refractivity contribution is 7.92. The van der Waals surface area contributed by atoms with Gasteiger partial charge in [0.15, 0.2) is 9.84 Å². The lowest BCUT2D eigenvalue weighted by atomic mass is 10.1. The summed E-state index contributed by atoms with van der Waals surface area (Å²) in [7, 11) is -3.93. The molecule has 0 radical (unpaired) electrons. The minimum absolute atomic E-state index is 0.0192. The molecule has 0 aliphatic heterocycles. The van der Waals surface area contributed by atoms with Crippen LogP contribution in [0.1, 0.15) is 11.5 Å². The molecule has 0 spiro atoms. The van der Waals surface area contributed by atoms with E-state index >= 15 is 0 Å². The third kappa shape index (κ3) is 2.32. The summed E-state index contributed by atoms with van der Waals surface area (Å²) >= 11 is 0. The summed E-state index contributed by atoms with van der Waals surface area (Å²) in [6.45, 7) is 0. The lowest BCUT2D eigenvalue weighted by Crippen LogP contribution is -2.39. The van der Waals surface area contributed by atoms with Gasteiger partial charge in [0, 0.05) is 5.92 Å². The van der Waals surface area contributed by atoms with E-state index in [4.69, 9.17) is 5.73 Å². The number of carboxylic acids is 1. The van der Waals surface area contributed by atoms with Gasteiger partial charge in [-0.3, -0.25) is 4.79 Å². The van der Waals surface area contributed by atoms with Crippen LogP contribution in [0.3, 0.4) is 0 Å². The van der Waals surface area contributed by atoms with Crippen molar-refractivity contribution >= 4 is 15.8 Å². The van der Waals surface area contributed by atoms with Crippen molar-refractivity contribution in [2.24, 2.45) is 5.73 Å². The molecular weight excluding hydrogens is 321 g/mol. The van der Waals surface area contributed by atoms with Crippen LogP contribution in [-0.2, 0) is 14.6 Å². The van der Waals surface area contributed by atoms with Crippen LogP contribution in [0.2, 0.25) is 0 Å². The number of nitrogens with two attached hydrogens (primary N) is 1. The van der Waals surface area contributed by atoms with Gasteiger partial charge in [0.2, 0.25) is 0 Å². The van der Waals surface area contributed by atoms with Gasteiger partial charge in [0.1, 0.15) is 16.6 Å². The molecule has 23 heavy (non-hydrogen) atoms. The smallest absolute Gasteiger partial charge is 0.325 e. The summed E-state index contributed by atoms with van der Waals surface area (Å²) in [4.78, 5) is 11.6. The van der Waals surface area contributed by atoms with Crippen molar-refractivity contribution in [1.82, 2.24) is 0 Å². The number of rotatable bonds is 4. The molecule has 0 heterocycles. The predicted molar refractivity (Wildman–Crippen MR) is 81.1 cm³/mol. The molecule has 3 rings (SSSR count). The first-order valence-corrected chi connectivity index (χ1v) is 8.41. The lowest BCUT2D eigenvalue weighted by Gasteiger charge is -2.06. The van der Waals surface area contributed by atoms with Gasteiger partial charge < -0.3 is 10.8 Å². The number of carbonyl (C=O) groups is 1. The minimum atomic E-state index is -3.93. The topological polar surface area (TPSA) is 97.5 Å². The predicted octanol–water partition coefficient (Wildman–Crippen LogP) is 1.55. The zero-order valence-electron chi connectivity index (χ0n) is 11.9. The van der Waals surface area contributed by atoms with E-state index < -0.39 is 38.3 Å². The van der Waals surface area contributed by atoms with E-state index in [-0.39, 0.29) is 4.90 Å². The Kier molecular flexibility index (Phi) is 3.50. The highest BCUT2D eigenvalue weighted by Gasteiger charge is 2.74. The third-order valence-electron chi connectivity index (χ3n) is 4.18. The number of halogens is 1. The summed E-state index contributed by atoms with van der Waals surface area (Å²) < 4.78 is 38.5. The van der Waals surface area contributed by atoms with Gasteiger partial charge in [-0.25, -0.2) is 12.8 Å². The zero-order valence-corrected chi connectivity index (χ0v) is 12.7. The molecule has 2 aromatic rings. The molecule has 3 N–H and O–H groups in total. The molecule has 120 valence electrons. The molecule has 1 saturated carbocycles. The Hall–Kier alpha value is -2.25. The monoisotopic (exact) mass is 335 g/mol. The summed E-state index contributed by atoms with van der Waals surface area (Å²) in [6, 6.07) is 12.6.